The first-order chi connectivity index (χ1) is 12.3. The molecule has 0 saturated heterocycles. The summed E-state index contributed by atoms with van der Waals surface area (Å²) in [7, 11) is -3.64. The van der Waals surface area contributed by atoms with E-state index in [2.05, 4.69) is 0 Å². The molecular weight excluding hydrogens is 346 g/mol. The zero-order valence-electron chi connectivity index (χ0n) is 16.1. The van der Waals surface area contributed by atoms with Crippen molar-refractivity contribution in [1.82, 2.24) is 14.1 Å². The Labute approximate surface area is 157 Å². The fraction of sp³-hybridized carbons (Fsp3) is 0.550. The minimum atomic E-state index is -3.64. The zero-order valence-corrected chi connectivity index (χ0v) is 16.9. The summed E-state index contributed by atoms with van der Waals surface area (Å²) in [6, 6.07) is 9.70. The van der Waals surface area contributed by atoms with Crippen LogP contribution in [0.5, 0.6) is 0 Å². The Bertz CT molecular complexity index is 827. The predicted molar refractivity (Wildman–Crippen MR) is 104 cm³/mol. The van der Waals surface area contributed by atoms with Crippen LogP contribution in [0.3, 0.4) is 0 Å². The Morgan fingerprint density at radius 2 is 1.62 bits per heavy atom. The highest BCUT2D eigenvalue weighted by Gasteiger charge is 2.34. The van der Waals surface area contributed by atoms with E-state index in [9.17, 15) is 8.42 Å². The van der Waals surface area contributed by atoms with Crippen molar-refractivity contribution in [2.75, 3.05) is 0 Å². The van der Waals surface area contributed by atoms with Crippen LogP contribution in [0.1, 0.15) is 59.4 Å². The van der Waals surface area contributed by atoms with Gasteiger partial charge in [-0.2, -0.15) is 9.40 Å². The molecule has 142 valence electrons. The maximum Gasteiger partial charge on any atom is 0.247 e. The molecule has 5 nitrogen and oxygen atoms in total. The van der Waals surface area contributed by atoms with E-state index in [4.69, 9.17) is 5.10 Å². The average Bonchev–Trinajstić information content (AvgIpc) is 3.24. The monoisotopic (exact) mass is 375 g/mol. The van der Waals surface area contributed by atoms with Crippen molar-refractivity contribution in [2.24, 2.45) is 0 Å². The first-order valence-electron chi connectivity index (χ1n) is 9.50. The normalized spacial score (nSPS) is 16.3. The third-order valence-electron chi connectivity index (χ3n) is 5.02. The van der Waals surface area contributed by atoms with Gasteiger partial charge in [-0.3, -0.25) is 4.68 Å². The number of hydrogen-bond acceptors (Lipinski definition) is 3. The van der Waals surface area contributed by atoms with E-state index >= 15 is 0 Å². The van der Waals surface area contributed by atoms with Gasteiger partial charge in [-0.25, -0.2) is 8.42 Å². The largest absolute Gasteiger partial charge is 0.268 e. The highest BCUT2D eigenvalue weighted by molar-refractivity contribution is 7.89. The van der Waals surface area contributed by atoms with E-state index in [-0.39, 0.29) is 12.1 Å². The molecule has 0 bridgehead atoms. The van der Waals surface area contributed by atoms with Crippen LogP contribution >= 0.6 is 0 Å². The van der Waals surface area contributed by atoms with Crippen LogP contribution in [-0.2, 0) is 10.0 Å². The Kier molecular flexibility index (Phi) is 5.53. The van der Waals surface area contributed by atoms with Gasteiger partial charge < -0.3 is 0 Å². The van der Waals surface area contributed by atoms with Crippen molar-refractivity contribution in [3.8, 4) is 11.3 Å². The van der Waals surface area contributed by atoms with Gasteiger partial charge in [-0.15, -0.1) is 0 Å². The summed E-state index contributed by atoms with van der Waals surface area (Å²) >= 11 is 0. The summed E-state index contributed by atoms with van der Waals surface area (Å²) in [5.41, 5.74) is 1.40. The number of benzene rings is 1. The quantitative estimate of drug-likeness (QED) is 0.748. The molecule has 1 fully saturated rings. The smallest absolute Gasteiger partial charge is 0.247 e. The maximum atomic E-state index is 13.5. The van der Waals surface area contributed by atoms with Crippen molar-refractivity contribution in [2.45, 2.75) is 76.4 Å². The van der Waals surface area contributed by atoms with Crippen LogP contribution in [0, 0.1) is 0 Å². The van der Waals surface area contributed by atoms with Gasteiger partial charge in [-0.1, -0.05) is 43.2 Å². The lowest BCUT2D eigenvalue weighted by Crippen LogP contribution is -2.42. The minimum Gasteiger partial charge on any atom is -0.268 e. The van der Waals surface area contributed by atoms with Gasteiger partial charge in [0.25, 0.3) is 0 Å². The van der Waals surface area contributed by atoms with Gasteiger partial charge in [0.2, 0.25) is 10.0 Å². The zero-order chi connectivity index (χ0) is 18.9. The highest BCUT2D eigenvalue weighted by atomic mass is 32.2. The molecule has 0 unspecified atom stereocenters. The molecule has 0 amide bonds. The lowest BCUT2D eigenvalue weighted by Gasteiger charge is -2.29. The van der Waals surface area contributed by atoms with E-state index < -0.39 is 10.0 Å². The van der Waals surface area contributed by atoms with Gasteiger partial charge in [0.15, 0.2) is 0 Å². The maximum absolute atomic E-state index is 13.5. The summed E-state index contributed by atoms with van der Waals surface area (Å²) in [4.78, 5) is 0.318. The second kappa shape index (κ2) is 7.53. The molecule has 0 spiro atoms. The molecule has 1 saturated carbocycles. The van der Waals surface area contributed by atoms with Gasteiger partial charge in [-0.05, 0) is 40.5 Å². The molecule has 1 aromatic carbocycles. The molecule has 6 heteroatoms. The van der Waals surface area contributed by atoms with Crippen LogP contribution in [0.2, 0.25) is 0 Å². The van der Waals surface area contributed by atoms with Crippen LogP contribution < -0.4 is 0 Å². The lowest BCUT2D eigenvalue weighted by atomic mass is 10.2. The Hall–Kier alpha value is -1.66. The third kappa shape index (κ3) is 3.58. The van der Waals surface area contributed by atoms with E-state index in [1.807, 2.05) is 62.7 Å². The summed E-state index contributed by atoms with van der Waals surface area (Å²) in [5, 5.41) is 4.74. The summed E-state index contributed by atoms with van der Waals surface area (Å²) in [5.74, 6) is 0. The highest BCUT2D eigenvalue weighted by Crippen LogP contribution is 2.35. The molecule has 0 N–H and O–H groups in total. The summed E-state index contributed by atoms with van der Waals surface area (Å²) < 4.78 is 30.5. The van der Waals surface area contributed by atoms with Crippen molar-refractivity contribution in [3.05, 3.63) is 36.5 Å². The van der Waals surface area contributed by atoms with E-state index in [1.165, 1.54) is 12.8 Å². The second-order valence-corrected chi connectivity index (χ2v) is 9.46. The van der Waals surface area contributed by atoms with Gasteiger partial charge in [0.1, 0.15) is 10.6 Å². The van der Waals surface area contributed by atoms with Gasteiger partial charge in [0, 0.05) is 23.8 Å². The third-order valence-corrected chi connectivity index (χ3v) is 7.27. The van der Waals surface area contributed by atoms with Crippen LogP contribution in [0.15, 0.2) is 41.4 Å². The predicted octanol–water partition coefficient (Wildman–Crippen LogP) is 4.47. The standard InChI is InChI=1S/C20H29N3O2S/c1-15(2)23(16(3)4)26(24,25)19-14-22(18-12-8-9-13-18)21-20(19)17-10-6-5-7-11-17/h5-7,10-11,14-16,18H,8-9,12-13H2,1-4H3. The molecule has 1 aliphatic carbocycles. The molecular formula is C20H29N3O2S. The molecule has 0 aliphatic heterocycles. The second-order valence-electron chi connectivity index (χ2n) is 7.65. The van der Waals surface area contributed by atoms with Crippen molar-refractivity contribution >= 4 is 10.0 Å². The van der Waals surface area contributed by atoms with Crippen molar-refractivity contribution in [3.63, 3.8) is 0 Å². The minimum absolute atomic E-state index is 0.113. The average molecular weight is 376 g/mol. The molecule has 26 heavy (non-hydrogen) atoms. The van der Waals surface area contributed by atoms with Gasteiger partial charge in [0.05, 0.1) is 6.04 Å². The lowest BCUT2D eigenvalue weighted by molar-refractivity contribution is 0.302. The number of rotatable bonds is 6. The first-order valence-corrected chi connectivity index (χ1v) is 10.9. The van der Waals surface area contributed by atoms with E-state index in [0.29, 0.717) is 16.6 Å². The first kappa shape index (κ1) is 19.1. The fourth-order valence-electron chi connectivity index (χ4n) is 3.98. The number of hydrogen-bond donors (Lipinski definition) is 0. The van der Waals surface area contributed by atoms with Crippen molar-refractivity contribution < 1.29 is 8.42 Å². The van der Waals surface area contributed by atoms with E-state index in [1.54, 1.807) is 10.5 Å². The molecule has 1 heterocycles. The molecule has 0 radical (unpaired) electrons. The molecule has 1 aliphatic rings. The molecule has 2 aromatic rings. The fourth-order valence-corrected chi connectivity index (χ4v) is 5.96. The number of sulfonamides is 1. The molecule has 1 aromatic heterocycles. The molecule has 0 atom stereocenters. The topological polar surface area (TPSA) is 55.2 Å². The van der Waals surface area contributed by atoms with Crippen LogP contribution in [0.4, 0.5) is 0 Å². The molecule has 3 rings (SSSR count). The van der Waals surface area contributed by atoms with Crippen molar-refractivity contribution in [1.29, 1.82) is 0 Å². The van der Waals surface area contributed by atoms with Crippen LogP contribution in [-0.4, -0.2) is 34.6 Å². The number of nitrogens with zero attached hydrogens (tertiary/aromatic N) is 3. The van der Waals surface area contributed by atoms with Gasteiger partial charge >= 0.3 is 0 Å². The summed E-state index contributed by atoms with van der Waals surface area (Å²) in [6.07, 6.45) is 6.24. The Morgan fingerprint density at radius 1 is 1.04 bits per heavy atom. The Balaban J connectivity index is 2.15. The number of aromatic nitrogens is 2. The van der Waals surface area contributed by atoms with Crippen LogP contribution in [0.25, 0.3) is 11.3 Å². The summed E-state index contributed by atoms with van der Waals surface area (Å²) in [6.45, 7) is 7.67. The SMILES string of the molecule is CC(C)N(C(C)C)S(=O)(=O)c1cn(C2CCCC2)nc1-c1ccccc1. The van der Waals surface area contributed by atoms with E-state index in [0.717, 1.165) is 18.4 Å². The Morgan fingerprint density at radius 3 is 2.15 bits per heavy atom.